The Morgan fingerprint density at radius 3 is 2.00 bits per heavy atom. The van der Waals surface area contributed by atoms with Crippen LogP contribution in [0.4, 0.5) is 0 Å². The number of thioether (sulfide) groups is 1. The number of amides is 4. The minimum Gasteiger partial charge on any atom is -0.508 e. The highest BCUT2D eigenvalue weighted by molar-refractivity contribution is 7.98. The zero-order valence-electron chi connectivity index (χ0n) is 21.9. The maximum atomic E-state index is 13.2. The van der Waals surface area contributed by atoms with Gasteiger partial charge < -0.3 is 37.6 Å². The number of phenols is 1. The fraction of sp³-hybridized carbons (Fsp3) is 0.560. The van der Waals surface area contributed by atoms with Crippen molar-refractivity contribution < 1.29 is 34.2 Å². The van der Waals surface area contributed by atoms with E-state index in [1.165, 1.54) is 23.9 Å². The Morgan fingerprint density at radius 2 is 1.47 bits per heavy atom. The average molecular weight is 554 g/mol. The van der Waals surface area contributed by atoms with Gasteiger partial charge >= 0.3 is 5.97 Å². The second-order valence-corrected chi connectivity index (χ2v) is 10.1. The molecule has 0 aliphatic carbocycles. The van der Waals surface area contributed by atoms with Gasteiger partial charge in [-0.25, -0.2) is 4.79 Å². The van der Waals surface area contributed by atoms with Gasteiger partial charge in [-0.1, -0.05) is 32.4 Å². The predicted octanol–water partition coefficient (Wildman–Crippen LogP) is -0.134. The zero-order valence-corrected chi connectivity index (χ0v) is 22.8. The smallest absolute Gasteiger partial charge is 0.326 e. The number of benzene rings is 1. The summed E-state index contributed by atoms with van der Waals surface area (Å²) < 4.78 is 0. The maximum absolute atomic E-state index is 13.2. The quantitative estimate of drug-likeness (QED) is 0.137. The molecular weight excluding hydrogens is 514 g/mol. The van der Waals surface area contributed by atoms with Gasteiger partial charge in [0, 0.05) is 12.8 Å². The largest absolute Gasteiger partial charge is 0.508 e. The Balaban J connectivity index is 3.18. The van der Waals surface area contributed by atoms with Gasteiger partial charge in [0.15, 0.2) is 0 Å². The number of carbonyl (C=O) groups excluding carboxylic acids is 4. The van der Waals surface area contributed by atoms with Crippen LogP contribution in [-0.4, -0.2) is 76.0 Å². The number of rotatable bonds is 17. The molecule has 13 heteroatoms. The number of aliphatic carboxylic acids is 1. The fourth-order valence-corrected chi connectivity index (χ4v) is 3.92. The number of carboxylic acid groups (broad SMARTS) is 1. The molecule has 38 heavy (non-hydrogen) atoms. The maximum Gasteiger partial charge on any atom is 0.326 e. The Hall–Kier alpha value is -3.32. The molecule has 0 aliphatic rings. The monoisotopic (exact) mass is 553 g/mol. The van der Waals surface area contributed by atoms with Crippen LogP contribution < -0.4 is 27.4 Å². The summed E-state index contributed by atoms with van der Waals surface area (Å²) in [6.07, 6.45) is 2.24. The molecule has 0 radical (unpaired) electrons. The Kier molecular flexibility index (Phi) is 14.2. The van der Waals surface area contributed by atoms with E-state index in [4.69, 9.17) is 11.5 Å². The van der Waals surface area contributed by atoms with E-state index in [9.17, 15) is 34.2 Å². The molecule has 212 valence electrons. The number of hydrogen-bond donors (Lipinski definition) is 7. The van der Waals surface area contributed by atoms with Crippen molar-refractivity contribution in [2.75, 3.05) is 12.0 Å². The predicted molar refractivity (Wildman–Crippen MR) is 144 cm³/mol. The van der Waals surface area contributed by atoms with Crippen LogP contribution >= 0.6 is 11.8 Å². The van der Waals surface area contributed by atoms with E-state index in [-0.39, 0.29) is 37.4 Å². The summed E-state index contributed by atoms with van der Waals surface area (Å²) in [5.74, 6) is -3.66. The standard InChI is InChI=1S/C25H39N5O7S/c1-4-14(2)21(27)24(35)28-17(9-10-20(26)32)22(33)30-19(13-15-5-7-16(31)8-6-15)23(34)29-18(25(36)37)11-12-38-3/h5-8,14,17-19,21,31H,4,9-13,27H2,1-3H3,(H2,26,32)(H,28,35)(H,29,34)(H,30,33)(H,36,37). The van der Waals surface area contributed by atoms with E-state index < -0.39 is 53.8 Å². The molecule has 4 amide bonds. The summed E-state index contributed by atoms with van der Waals surface area (Å²) in [7, 11) is 0. The van der Waals surface area contributed by atoms with Crippen molar-refractivity contribution >= 4 is 41.4 Å². The molecule has 5 unspecified atom stereocenters. The molecule has 0 heterocycles. The highest BCUT2D eigenvalue weighted by Gasteiger charge is 2.31. The number of phenolic OH excluding ortho intramolecular Hbond substituents is 1. The summed E-state index contributed by atoms with van der Waals surface area (Å²) in [5.41, 5.74) is 11.8. The van der Waals surface area contributed by atoms with Gasteiger partial charge in [0.2, 0.25) is 23.6 Å². The molecule has 0 aliphatic heterocycles. The lowest BCUT2D eigenvalue weighted by molar-refractivity contribution is -0.142. The van der Waals surface area contributed by atoms with Crippen LogP contribution in [0.3, 0.4) is 0 Å². The van der Waals surface area contributed by atoms with Crippen LogP contribution in [-0.2, 0) is 30.4 Å². The van der Waals surface area contributed by atoms with E-state index in [0.29, 0.717) is 17.7 Å². The minimum atomic E-state index is -1.22. The Bertz CT molecular complexity index is 960. The number of primary amides is 1. The number of nitrogens with two attached hydrogens (primary N) is 2. The van der Waals surface area contributed by atoms with Gasteiger partial charge in [-0.3, -0.25) is 19.2 Å². The van der Waals surface area contributed by atoms with E-state index in [1.54, 1.807) is 19.1 Å². The summed E-state index contributed by atoms with van der Waals surface area (Å²) in [5, 5.41) is 26.7. The summed E-state index contributed by atoms with van der Waals surface area (Å²) >= 11 is 1.42. The number of aromatic hydroxyl groups is 1. The molecule has 1 aromatic rings. The minimum absolute atomic E-state index is 0.00803. The summed E-state index contributed by atoms with van der Waals surface area (Å²) in [6.45, 7) is 3.65. The fourth-order valence-electron chi connectivity index (χ4n) is 3.45. The number of hydrogen-bond acceptors (Lipinski definition) is 8. The third-order valence-electron chi connectivity index (χ3n) is 6.11. The first-order chi connectivity index (χ1) is 17.9. The third kappa shape index (κ3) is 11.4. The number of carboxylic acids is 1. The molecule has 0 spiro atoms. The second-order valence-electron chi connectivity index (χ2n) is 9.09. The highest BCUT2D eigenvalue weighted by Crippen LogP contribution is 2.13. The first kappa shape index (κ1) is 32.7. The lowest BCUT2D eigenvalue weighted by atomic mass is 9.98. The van der Waals surface area contributed by atoms with Crippen LogP contribution in [0.5, 0.6) is 5.75 Å². The molecule has 0 saturated heterocycles. The van der Waals surface area contributed by atoms with Crippen molar-refractivity contribution in [1.82, 2.24) is 16.0 Å². The molecule has 1 rings (SSSR count). The average Bonchev–Trinajstić information content (AvgIpc) is 2.87. The molecule has 0 aromatic heterocycles. The van der Waals surface area contributed by atoms with E-state index in [1.807, 2.05) is 13.2 Å². The first-order valence-corrected chi connectivity index (χ1v) is 13.7. The molecule has 0 fully saturated rings. The normalized spacial score (nSPS) is 14.8. The SMILES string of the molecule is CCC(C)C(N)C(=O)NC(CCC(N)=O)C(=O)NC(Cc1ccc(O)cc1)C(=O)NC(CCSC)C(=O)O. The van der Waals surface area contributed by atoms with Crippen LogP contribution in [0, 0.1) is 5.92 Å². The third-order valence-corrected chi connectivity index (χ3v) is 6.75. The van der Waals surface area contributed by atoms with Crippen molar-refractivity contribution in [3.63, 3.8) is 0 Å². The molecule has 0 saturated carbocycles. The topological polar surface area (TPSA) is 214 Å². The van der Waals surface area contributed by atoms with Gasteiger partial charge in [-0.05, 0) is 48.5 Å². The van der Waals surface area contributed by atoms with Crippen molar-refractivity contribution in [2.24, 2.45) is 17.4 Å². The summed E-state index contributed by atoms with van der Waals surface area (Å²) in [4.78, 5) is 62.1. The molecule has 0 bridgehead atoms. The van der Waals surface area contributed by atoms with E-state index >= 15 is 0 Å². The van der Waals surface area contributed by atoms with Crippen LogP contribution in [0.1, 0.15) is 45.1 Å². The van der Waals surface area contributed by atoms with Gasteiger partial charge in [-0.2, -0.15) is 11.8 Å². The van der Waals surface area contributed by atoms with Crippen molar-refractivity contribution in [2.45, 2.75) is 70.1 Å². The van der Waals surface area contributed by atoms with Crippen molar-refractivity contribution in [3.05, 3.63) is 29.8 Å². The first-order valence-electron chi connectivity index (χ1n) is 12.3. The Labute approximate surface area is 226 Å². The summed E-state index contributed by atoms with van der Waals surface area (Å²) in [6, 6.07) is 1.43. The molecule has 5 atom stereocenters. The van der Waals surface area contributed by atoms with Gasteiger partial charge in [-0.15, -0.1) is 0 Å². The van der Waals surface area contributed by atoms with Crippen LogP contribution in [0.2, 0.25) is 0 Å². The van der Waals surface area contributed by atoms with Crippen LogP contribution in [0.25, 0.3) is 0 Å². The van der Waals surface area contributed by atoms with E-state index in [2.05, 4.69) is 16.0 Å². The molecular formula is C25H39N5O7S. The lowest BCUT2D eigenvalue weighted by Crippen LogP contribution is -2.58. The Morgan fingerprint density at radius 1 is 0.921 bits per heavy atom. The molecule has 1 aromatic carbocycles. The van der Waals surface area contributed by atoms with Crippen molar-refractivity contribution in [1.29, 1.82) is 0 Å². The number of carbonyl (C=O) groups is 5. The highest BCUT2D eigenvalue weighted by atomic mass is 32.2. The van der Waals surface area contributed by atoms with Crippen molar-refractivity contribution in [3.8, 4) is 5.75 Å². The van der Waals surface area contributed by atoms with Crippen LogP contribution in [0.15, 0.2) is 24.3 Å². The molecule has 12 nitrogen and oxygen atoms in total. The number of nitrogens with one attached hydrogen (secondary N) is 3. The van der Waals surface area contributed by atoms with Gasteiger partial charge in [0.1, 0.15) is 23.9 Å². The second kappa shape index (κ2) is 16.5. The zero-order chi connectivity index (χ0) is 28.8. The molecule has 9 N–H and O–H groups in total. The van der Waals surface area contributed by atoms with Gasteiger partial charge in [0.25, 0.3) is 0 Å². The lowest BCUT2D eigenvalue weighted by Gasteiger charge is -2.26. The van der Waals surface area contributed by atoms with Gasteiger partial charge in [0.05, 0.1) is 6.04 Å². The van der Waals surface area contributed by atoms with E-state index in [0.717, 1.165) is 0 Å².